The highest BCUT2D eigenvalue weighted by atomic mass is 32.2. The summed E-state index contributed by atoms with van der Waals surface area (Å²) >= 11 is 0. The summed E-state index contributed by atoms with van der Waals surface area (Å²) in [6.45, 7) is 3.00. The van der Waals surface area contributed by atoms with E-state index in [0.717, 1.165) is 24.8 Å². The molecule has 0 aliphatic carbocycles. The van der Waals surface area contributed by atoms with Crippen LogP contribution in [0.1, 0.15) is 25.3 Å². The van der Waals surface area contributed by atoms with Gasteiger partial charge in [0.1, 0.15) is 10.6 Å². The van der Waals surface area contributed by atoms with Crippen molar-refractivity contribution in [1.29, 1.82) is 0 Å². The lowest BCUT2D eigenvalue weighted by atomic mass is 10.2. The highest BCUT2D eigenvalue weighted by Gasteiger charge is 2.23. The Kier molecular flexibility index (Phi) is 5.01. The summed E-state index contributed by atoms with van der Waals surface area (Å²) in [7, 11) is -2.11. The van der Waals surface area contributed by atoms with Crippen LogP contribution in [-0.2, 0) is 21.2 Å². The van der Waals surface area contributed by atoms with E-state index in [0.29, 0.717) is 18.9 Å². The minimum atomic E-state index is -3.58. The Morgan fingerprint density at radius 2 is 2.25 bits per heavy atom. The van der Waals surface area contributed by atoms with Crippen LogP contribution in [0.25, 0.3) is 0 Å². The standard InChI is InChI=1S/C14H21NO4S/c1-3-11-6-7-13(18-2)14(9-11)20(16,17)15-10-12-5-4-8-19-12/h6-7,9,12,15H,3-5,8,10H2,1-2H3/t12-/m0/s1. The first kappa shape index (κ1) is 15.3. The van der Waals surface area contributed by atoms with Crippen LogP contribution in [0, 0.1) is 0 Å². The first-order chi connectivity index (χ1) is 9.56. The average molecular weight is 299 g/mol. The minimum absolute atomic E-state index is 0.0230. The van der Waals surface area contributed by atoms with Crippen molar-refractivity contribution in [3.63, 3.8) is 0 Å². The van der Waals surface area contributed by atoms with E-state index >= 15 is 0 Å². The van der Waals surface area contributed by atoms with Gasteiger partial charge >= 0.3 is 0 Å². The molecule has 0 bridgehead atoms. The maximum absolute atomic E-state index is 12.4. The van der Waals surface area contributed by atoms with Crippen molar-refractivity contribution in [2.75, 3.05) is 20.3 Å². The molecule has 1 atom stereocenters. The quantitative estimate of drug-likeness (QED) is 0.868. The Bertz CT molecular complexity index is 550. The zero-order chi connectivity index (χ0) is 14.6. The number of methoxy groups -OCH3 is 1. The Balaban J connectivity index is 2.18. The fourth-order valence-electron chi connectivity index (χ4n) is 2.24. The van der Waals surface area contributed by atoms with E-state index < -0.39 is 10.0 Å². The molecule has 0 radical (unpaired) electrons. The lowest BCUT2D eigenvalue weighted by Gasteiger charge is -2.14. The van der Waals surface area contributed by atoms with Gasteiger partial charge in [-0.05, 0) is 37.0 Å². The summed E-state index contributed by atoms with van der Waals surface area (Å²) in [4.78, 5) is 0.192. The van der Waals surface area contributed by atoms with Gasteiger partial charge in [0.05, 0.1) is 13.2 Å². The van der Waals surface area contributed by atoms with Crippen LogP contribution in [0.15, 0.2) is 23.1 Å². The van der Waals surface area contributed by atoms with Crippen LogP contribution in [0.2, 0.25) is 0 Å². The lowest BCUT2D eigenvalue weighted by Crippen LogP contribution is -2.32. The van der Waals surface area contributed by atoms with E-state index in [9.17, 15) is 8.42 Å². The topological polar surface area (TPSA) is 64.6 Å². The number of sulfonamides is 1. The van der Waals surface area contributed by atoms with Gasteiger partial charge in [0.25, 0.3) is 0 Å². The predicted octanol–water partition coefficient (Wildman–Crippen LogP) is 1.71. The zero-order valence-corrected chi connectivity index (χ0v) is 12.7. The molecule has 20 heavy (non-hydrogen) atoms. The summed E-state index contributed by atoms with van der Waals surface area (Å²) in [6, 6.07) is 5.23. The van der Waals surface area contributed by atoms with Gasteiger partial charge in [-0.2, -0.15) is 0 Å². The first-order valence-electron chi connectivity index (χ1n) is 6.85. The van der Waals surface area contributed by atoms with Crippen molar-refractivity contribution in [2.24, 2.45) is 0 Å². The third kappa shape index (κ3) is 3.50. The molecule has 1 heterocycles. The molecule has 0 saturated carbocycles. The van der Waals surface area contributed by atoms with Crippen LogP contribution < -0.4 is 9.46 Å². The molecule has 1 fully saturated rings. The Hall–Kier alpha value is -1.11. The number of nitrogens with one attached hydrogen (secondary N) is 1. The molecule has 1 N–H and O–H groups in total. The molecule has 0 amide bonds. The van der Waals surface area contributed by atoms with Gasteiger partial charge in [0.15, 0.2) is 0 Å². The van der Waals surface area contributed by atoms with Gasteiger partial charge in [0, 0.05) is 13.2 Å². The predicted molar refractivity (Wildman–Crippen MR) is 76.5 cm³/mol. The number of hydrogen-bond acceptors (Lipinski definition) is 4. The molecule has 0 aromatic heterocycles. The summed E-state index contributed by atoms with van der Waals surface area (Å²) in [5.74, 6) is 0.363. The monoisotopic (exact) mass is 299 g/mol. The largest absolute Gasteiger partial charge is 0.495 e. The van der Waals surface area contributed by atoms with Crippen LogP contribution in [0.4, 0.5) is 0 Å². The lowest BCUT2D eigenvalue weighted by molar-refractivity contribution is 0.114. The second kappa shape index (κ2) is 6.56. The second-order valence-electron chi connectivity index (χ2n) is 4.83. The summed E-state index contributed by atoms with van der Waals surface area (Å²) in [6.07, 6.45) is 2.64. The summed E-state index contributed by atoms with van der Waals surface area (Å²) < 4.78 is 38.0. The van der Waals surface area contributed by atoms with E-state index in [4.69, 9.17) is 9.47 Å². The smallest absolute Gasteiger partial charge is 0.244 e. The molecule has 1 saturated heterocycles. The number of aryl methyl sites for hydroxylation is 1. The highest BCUT2D eigenvalue weighted by Crippen LogP contribution is 2.25. The zero-order valence-electron chi connectivity index (χ0n) is 11.9. The van der Waals surface area contributed by atoms with E-state index in [1.54, 1.807) is 12.1 Å². The van der Waals surface area contributed by atoms with Crippen molar-refractivity contribution in [3.05, 3.63) is 23.8 Å². The normalized spacial score (nSPS) is 19.2. The van der Waals surface area contributed by atoms with Gasteiger partial charge in [-0.25, -0.2) is 13.1 Å². The molecule has 112 valence electrons. The van der Waals surface area contributed by atoms with E-state index in [1.165, 1.54) is 7.11 Å². The van der Waals surface area contributed by atoms with Crippen LogP contribution in [0.3, 0.4) is 0 Å². The second-order valence-corrected chi connectivity index (χ2v) is 6.56. The third-order valence-electron chi connectivity index (χ3n) is 3.45. The SMILES string of the molecule is CCc1ccc(OC)c(S(=O)(=O)NC[C@@H]2CCCO2)c1. The summed E-state index contributed by atoms with van der Waals surface area (Å²) in [5.41, 5.74) is 0.961. The number of hydrogen-bond donors (Lipinski definition) is 1. The molecule has 6 heteroatoms. The van der Waals surface area contributed by atoms with Crippen LogP contribution in [0.5, 0.6) is 5.75 Å². The van der Waals surface area contributed by atoms with Crippen molar-refractivity contribution in [1.82, 2.24) is 4.72 Å². The fraction of sp³-hybridized carbons (Fsp3) is 0.571. The molecule has 0 spiro atoms. The van der Waals surface area contributed by atoms with E-state index in [1.807, 2.05) is 13.0 Å². The third-order valence-corrected chi connectivity index (χ3v) is 4.90. The Morgan fingerprint density at radius 1 is 1.45 bits per heavy atom. The first-order valence-corrected chi connectivity index (χ1v) is 8.33. The van der Waals surface area contributed by atoms with E-state index in [2.05, 4.69) is 4.72 Å². The minimum Gasteiger partial charge on any atom is -0.495 e. The molecule has 2 rings (SSSR count). The van der Waals surface area contributed by atoms with Crippen molar-refractivity contribution >= 4 is 10.0 Å². The molecule has 0 unspecified atom stereocenters. The number of benzene rings is 1. The fourth-order valence-corrected chi connectivity index (χ4v) is 3.52. The van der Waals surface area contributed by atoms with Crippen molar-refractivity contribution in [2.45, 2.75) is 37.2 Å². The maximum atomic E-state index is 12.4. The molecular weight excluding hydrogens is 278 g/mol. The molecule has 1 aliphatic heterocycles. The molecule has 1 aromatic carbocycles. The van der Waals surface area contributed by atoms with Crippen molar-refractivity contribution < 1.29 is 17.9 Å². The Labute approximate surface area is 120 Å². The Morgan fingerprint density at radius 3 is 2.85 bits per heavy atom. The van der Waals surface area contributed by atoms with Crippen LogP contribution >= 0.6 is 0 Å². The van der Waals surface area contributed by atoms with Gasteiger partial charge in [-0.3, -0.25) is 0 Å². The molecule has 5 nitrogen and oxygen atoms in total. The van der Waals surface area contributed by atoms with Crippen LogP contribution in [-0.4, -0.2) is 34.8 Å². The van der Waals surface area contributed by atoms with Crippen molar-refractivity contribution in [3.8, 4) is 5.75 Å². The van der Waals surface area contributed by atoms with E-state index in [-0.39, 0.29) is 11.0 Å². The van der Waals surface area contributed by atoms with Gasteiger partial charge in [-0.1, -0.05) is 13.0 Å². The average Bonchev–Trinajstić information content (AvgIpc) is 2.98. The number of ether oxygens (including phenoxy) is 2. The number of rotatable bonds is 6. The van der Waals surface area contributed by atoms with Gasteiger partial charge in [0.2, 0.25) is 10.0 Å². The summed E-state index contributed by atoms with van der Waals surface area (Å²) in [5, 5.41) is 0. The molecular formula is C14H21NO4S. The molecule has 1 aliphatic rings. The molecule has 1 aromatic rings. The van der Waals surface area contributed by atoms with Gasteiger partial charge < -0.3 is 9.47 Å². The highest BCUT2D eigenvalue weighted by molar-refractivity contribution is 7.89. The van der Waals surface area contributed by atoms with Gasteiger partial charge in [-0.15, -0.1) is 0 Å². The maximum Gasteiger partial charge on any atom is 0.244 e.